The maximum atomic E-state index is 12.7. The van der Waals surface area contributed by atoms with E-state index in [4.69, 9.17) is 11.6 Å². The summed E-state index contributed by atoms with van der Waals surface area (Å²) in [6.07, 6.45) is 0.780. The lowest BCUT2D eigenvalue weighted by atomic mass is 10.1. The lowest BCUT2D eigenvalue weighted by molar-refractivity contribution is -0.122. The normalized spacial score (nSPS) is 17.6. The Morgan fingerprint density at radius 2 is 1.90 bits per heavy atom. The van der Waals surface area contributed by atoms with Crippen LogP contribution in [0.25, 0.3) is 0 Å². The van der Waals surface area contributed by atoms with Crippen molar-refractivity contribution in [1.82, 2.24) is 4.72 Å². The van der Waals surface area contributed by atoms with E-state index >= 15 is 0 Å². The van der Waals surface area contributed by atoms with Crippen molar-refractivity contribution >= 4 is 44.8 Å². The summed E-state index contributed by atoms with van der Waals surface area (Å²) in [5, 5.41) is 3.33. The first-order valence-electron chi connectivity index (χ1n) is 10.1. The number of anilines is 2. The van der Waals surface area contributed by atoms with E-state index in [2.05, 4.69) is 10.0 Å². The minimum atomic E-state index is -3.61. The van der Waals surface area contributed by atoms with Gasteiger partial charge in [-0.05, 0) is 62.2 Å². The number of carbonyl (C=O) groups is 2. The van der Waals surface area contributed by atoms with Gasteiger partial charge >= 0.3 is 0 Å². The Balaban J connectivity index is 1.65. The van der Waals surface area contributed by atoms with Gasteiger partial charge in [-0.25, -0.2) is 13.1 Å². The van der Waals surface area contributed by atoms with Gasteiger partial charge in [-0.2, -0.15) is 0 Å². The quantitative estimate of drug-likeness (QED) is 0.654. The summed E-state index contributed by atoms with van der Waals surface area (Å²) in [7, 11) is -3.61. The van der Waals surface area contributed by atoms with Crippen molar-refractivity contribution in [2.45, 2.75) is 44.6 Å². The Kier molecular flexibility index (Phi) is 7.03. The molecule has 2 aromatic rings. The van der Waals surface area contributed by atoms with Crippen molar-refractivity contribution in [3.63, 3.8) is 0 Å². The van der Waals surface area contributed by atoms with Crippen LogP contribution in [0, 0.1) is 12.8 Å². The lowest BCUT2D eigenvalue weighted by Gasteiger charge is -2.17. The standard InChI is InChI=1S/C22H26ClN3O4S/c1-4-15(3)25-31(29,30)19-9-6-17(7-10-19)24-22(28)16-11-21(27)26(13-16)18-8-5-14(2)20(23)12-18/h5-10,12,15-16,25H,4,11,13H2,1-3H3,(H,24,28)/t15-,16-/m1/s1. The van der Waals surface area contributed by atoms with Crippen LogP contribution in [-0.4, -0.2) is 32.8 Å². The summed E-state index contributed by atoms with van der Waals surface area (Å²) in [5.74, 6) is -0.942. The molecule has 0 unspecified atom stereocenters. The molecule has 31 heavy (non-hydrogen) atoms. The molecule has 2 N–H and O–H groups in total. The molecule has 0 radical (unpaired) electrons. The summed E-state index contributed by atoms with van der Waals surface area (Å²) >= 11 is 6.16. The Labute approximate surface area is 187 Å². The molecular formula is C22H26ClN3O4S. The molecule has 0 bridgehead atoms. The zero-order valence-corrected chi connectivity index (χ0v) is 19.3. The molecule has 1 heterocycles. The largest absolute Gasteiger partial charge is 0.326 e. The van der Waals surface area contributed by atoms with E-state index < -0.39 is 15.9 Å². The van der Waals surface area contributed by atoms with Crippen molar-refractivity contribution in [2.24, 2.45) is 5.92 Å². The Morgan fingerprint density at radius 3 is 2.52 bits per heavy atom. The molecule has 2 atom stereocenters. The van der Waals surface area contributed by atoms with Gasteiger partial charge in [0.15, 0.2) is 0 Å². The van der Waals surface area contributed by atoms with Crippen molar-refractivity contribution in [3.05, 3.63) is 53.1 Å². The molecule has 0 spiro atoms. The summed E-state index contributed by atoms with van der Waals surface area (Å²) < 4.78 is 27.3. The highest BCUT2D eigenvalue weighted by Gasteiger charge is 2.35. The van der Waals surface area contributed by atoms with Crippen LogP contribution in [0.2, 0.25) is 5.02 Å². The SMILES string of the molecule is CC[C@@H](C)NS(=O)(=O)c1ccc(NC(=O)[C@@H]2CC(=O)N(c3ccc(C)c(Cl)c3)C2)cc1. The van der Waals surface area contributed by atoms with Gasteiger partial charge < -0.3 is 10.2 Å². The smallest absolute Gasteiger partial charge is 0.240 e. The first kappa shape index (κ1) is 23.2. The van der Waals surface area contributed by atoms with Gasteiger partial charge in [0.05, 0.1) is 10.8 Å². The first-order chi connectivity index (χ1) is 14.6. The summed E-state index contributed by atoms with van der Waals surface area (Å²) in [4.78, 5) is 26.8. The van der Waals surface area contributed by atoms with E-state index in [-0.39, 0.29) is 35.7 Å². The molecule has 0 aromatic heterocycles. The highest BCUT2D eigenvalue weighted by Crippen LogP contribution is 2.29. The molecule has 1 saturated heterocycles. The van der Waals surface area contributed by atoms with Crippen molar-refractivity contribution in [3.8, 4) is 0 Å². The van der Waals surface area contributed by atoms with E-state index in [1.54, 1.807) is 17.9 Å². The van der Waals surface area contributed by atoms with Crippen molar-refractivity contribution < 1.29 is 18.0 Å². The highest BCUT2D eigenvalue weighted by atomic mass is 35.5. The molecule has 1 aliphatic heterocycles. The van der Waals surface area contributed by atoms with Crippen LogP contribution in [0.15, 0.2) is 47.4 Å². The van der Waals surface area contributed by atoms with Crippen LogP contribution in [0.5, 0.6) is 0 Å². The maximum absolute atomic E-state index is 12.7. The molecule has 1 fully saturated rings. The zero-order chi connectivity index (χ0) is 22.8. The molecule has 1 aliphatic rings. The van der Waals surface area contributed by atoms with Gasteiger partial charge in [-0.15, -0.1) is 0 Å². The van der Waals surface area contributed by atoms with Gasteiger partial charge in [-0.1, -0.05) is 24.6 Å². The third-order valence-electron chi connectivity index (χ3n) is 5.36. The third kappa shape index (κ3) is 5.44. The van der Waals surface area contributed by atoms with Crippen LogP contribution in [-0.2, 0) is 19.6 Å². The minimum absolute atomic E-state index is 0.0998. The topological polar surface area (TPSA) is 95.6 Å². The molecule has 2 aromatic carbocycles. The summed E-state index contributed by atoms with van der Waals surface area (Å²) in [5.41, 5.74) is 2.05. The number of aryl methyl sites for hydroxylation is 1. The lowest BCUT2D eigenvalue weighted by Crippen LogP contribution is -2.32. The predicted molar refractivity (Wildman–Crippen MR) is 122 cm³/mol. The number of hydrogen-bond acceptors (Lipinski definition) is 4. The van der Waals surface area contributed by atoms with Gasteiger partial charge in [0.2, 0.25) is 21.8 Å². The van der Waals surface area contributed by atoms with Crippen LogP contribution in [0.4, 0.5) is 11.4 Å². The fraction of sp³-hybridized carbons (Fsp3) is 0.364. The fourth-order valence-electron chi connectivity index (χ4n) is 3.26. The van der Waals surface area contributed by atoms with E-state index in [0.29, 0.717) is 22.8 Å². The number of halogens is 1. The van der Waals surface area contributed by atoms with Gasteiger partial charge in [0.25, 0.3) is 0 Å². The minimum Gasteiger partial charge on any atom is -0.326 e. The van der Waals surface area contributed by atoms with Crippen LogP contribution < -0.4 is 14.9 Å². The maximum Gasteiger partial charge on any atom is 0.240 e. The van der Waals surface area contributed by atoms with E-state index in [1.807, 2.05) is 26.0 Å². The Bertz CT molecular complexity index is 1090. The number of hydrogen-bond donors (Lipinski definition) is 2. The molecule has 2 amide bonds. The monoisotopic (exact) mass is 463 g/mol. The number of sulfonamides is 1. The van der Waals surface area contributed by atoms with Crippen molar-refractivity contribution in [1.29, 1.82) is 0 Å². The molecule has 3 rings (SSSR count). The number of nitrogens with one attached hydrogen (secondary N) is 2. The predicted octanol–water partition coefficient (Wildman–Crippen LogP) is 3.72. The van der Waals surface area contributed by atoms with Gasteiger partial charge in [0.1, 0.15) is 0 Å². The number of amides is 2. The number of benzene rings is 2. The third-order valence-corrected chi connectivity index (χ3v) is 7.38. The van der Waals surface area contributed by atoms with Crippen LogP contribution in [0.1, 0.15) is 32.3 Å². The van der Waals surface area contributed by atoms with E-state index in [1.165, 1.54) is 24.3 Å². The van der Waals surface area contributed by atoms with Crippen LogP contribution >= 0.6 is 11.6 Å². The van der Waals surface area contributed by atoms with E-state index in [9.17, 15) is 18.0 Å². The zero-order valence-electron chi connectivity index (χ0n) is 17.7. The van der Waals surface area contributed by atoms with Gasteiger partial charge in [-0.3, -0.25) is 9.59 Å². The second-order valence-corrected chi connectivity index (χ2v) is 9.90. The molecule has 9 heteroatoms. The molecule has 166 valence electrons. The second kappa shape index (κ2) is 9.38. The Morgan fingerprint density at radius 1 is 1.23 bits per heavy atom. The number of carbonyl (C=O) groups excluding carboxylic acids is 2. The molecule has 0 saturated carbocycles. The molecule has 0 aliphatic carbocycles. The first-order valence-corrected chi connectivity index (χ1v) is 12.0. The Hall–Kier alpha value is -2.42. The summed E-state index contributed by atoms with van der Waals surface area (Å²) in [6, 6.07) is 11.2. The average Bonchev–Trinajstić information content (AvgIpc) is 3.12. The molecule has 7 nitrogen and oxygen atoms in total. The van der Waals surface area contributed by atoms with Crippen LogP contribution in [0.3, 0.4) is 0 Å². The average molecular weight is 464 g/mol. The van der Waals surface area contributed by atoms with Crippen molar-refractivity contribution in [2.75, 3.05) is 16.8 Å². The van der Waals surface area contributed by atoms with Gasteiger partial charge in [0, 0.05) is 35.4 Å². The number of rotatable bonds is 7. The second-order valence-electron chi connectivity index (χ2n) is 7.78. The summed E-state index contributed by atoms with van der Waals surface area (Å²) in [6.45, 7) is 5.83. The van der Waals surface area contributed by atoms with E-state index in [0.717, 1.165) is 5.56 Å². The highest BCUT2D eigenvalue weighted by molar-refractivity contribution is 7.89. The number of nitrogens with zero attached hydrogens (tertiary/aromatic N) is 1. The fourth-order valence-corrected chi connectivity index (χ4v) is 4.76. The molecular weight excluding hydrogens is 438 g/mol.